The monoisotopic (exact) mass is 347 g/mol. The lowest BCUT2D eigenvalue weighted by Gasteiger charge is -2.26. The molecule has 0 unspecified atom stereocenters. The smallest absolute Gasteiger partial charge is 0.194 e. The minimum absolute atomic E-state index is 0.879. The molecule has 1 N–H and O–H groups in total. The van der Waals surface area contributed by atoms with E-state index in [1.54, 1.807) is 0 Å². The molecule has 0 atom stereocenters. The Balaban J connectivity index is 1.68. The highest BCUT2D eigenvalue weighted by Gasteiger charge is 2.09. The number of rotatable bonds is 9. The number of guanidine groups is 1. The molecule has 1 aliphatic heterocycles. The number of likely N-dealkylation sites (tertiary alicyclic amines) is 1. The number of nitrogens with one attached hydrogen (secondary N) is 1. The molecule has 0 aromatic carbocycles. The standard InChI is InChI=1S/C20H37N5/c1-4-21-20(24(3)18-19-12-11-14-23(19)2)22-13-7-5-8-15-25-16-9-6-10-17-25/h11-12,14H,4-10,13,15-18H2,1-3H3,(H,21,22). The van der Waals surface area contributed by atoms with E-state index in [0.29, 0.717) is 0 Å². The second-order valence-corrected chi connectivity index (χ2v) is 7.17. The zero-order chi connectivity index (χ0) is 17.9. The molecule has 1 aromatic rings. The number of aryl methyl sites for hydroxylation is 1. The highest BCUT2D eigenvalue weighted by Crippen LogP contribution is 2.10. The van der Waals surface area contributed by atoms with Gasteiger partial charge in [-0.3, -0.25) is 4.99 Å². The lowest BCUT2D eigenvalue weighted by Crippen LogP contribution is -2.38. The lowest BCUT2D eigenvalue weighted by atomic mass is 10.1. The molecule has 0 aliphatic carbocycles. The first kappa shape index (κ1) is 19.8. The molecule has 0 amide bonds. The fourth-order valence-corrected chi connectivity index (χ4v) is 3.44. The molecule has 2 rings (SSSR count). The van der Waals surface area contributed by atoms with Crippen LogP contribution < -0.4 is 5.32 Å². The molecule has 2 heterocycles. The maximum absolute atomic E-state index is 4.82. The SMILES string of the molecule is CCNC(=NCCCCCN1CCCCC1)N(C)Cc1cccn1C. The van der Waals surface area contributed by atoms with Gasteiger partial charge in [-0.2, -0.15) is 0 Å². The van der Waals surface area contributed by atoms with Crippen LogP contribution in [0.15, 0.2) is 23.3 Å². The van der Waals surface area contributed by atoms with Crippen molar-refractivity contribution in [3.63, 3.8) is 0 Å². The lowest BCUT2D eigenvalue weighted by molar-refractivity contribution is 0.224. The number of aromatic nitrogens is 1. The van der Waals surface area contributed by atoms with Gasteiger partial charge in [0.2, 0.25) is 0 Å². The summed E-state index contributed by atoms with van der Waals surface area (Å²) in [5.41, 5.74) is 1.30. The summed E-state index contributed by atoms with van der Waals surface area (Å²) in [5, 5.41) is 3.42. The van der Waals surface area contributed by atoms with Crippen LogP contribution in [0.2, 0.25) is 0 Å². The predicted molar refractivity (Wildman–Crippen MR) is 107 cm³/mol. The van der Waals surface area contributed by atoms with E-state index in [1.807, 2.05) is 0 Å². The largest absolute Gasteiger partial charge is 0.357 e. The van der Waals surface area contributed by atoms with Gasteiger partial charge in [0.05, 0.1) is 6.54 Å². The summed E-state index contributed by atoms with van der Waals surface area (Å²) in [6.45, 7) is 8.73. The van der Waals surface area contributed by atoms with Gasteiger partial charge in [-0.05, 0) is 64.4 Å². The van der Waals surface area contributed by atoms with Gasteiger partial charge in [0.15, 0.2) is 5.96 Å². The molecule has 1 aliphatic rings. The van der Waals surface area contributed by atoms with Crippen LogP contribution in [0, 0.1) is 0 Å². The van der Waals surface area contributed by atoms with E-state index in [2.05, 4.69) is 59.0 Å². The first-order valence-corrected chi connectivity index (χ1v) is 10.0. The average Bonchev–Trinajstić information content (AvgIpc) is 3.02. The summed E-state index contributed by atoms with van der Waals surface area (Å²) in [6, 6.07) is 4.26. The molecule has 5 heteroatoms. The Morgan fingerprint density at radius 3 is 2.68 bits per heavy atom. The molecule has 0 bridgehead atoms. The molecular weight excluding hydrogens is 310 g/mol. The van der Waals surface area contributed by atoms with Crippen LogP contribution in [0.25, 0.3) is 0 Å². The van der Waals surface area contributed by atoms with Gasteiger partial charge in [0.25, 0.3) is 0 Å². The molecule has 142 valence electrons. The minimum Gasteiger partial charge on any atom is -0.357 e. The third-order valence-corrected chi connectivity index (χ3v) is 4.99. The van der Waals surface area contributed by atoms with E-state index < -0.39 is 0 Å². The molecule has 1 aromatic heterocycles. The predicted octanol–water partition coefficient (Wildman–Crippen LogP) is 3.08. The Bertz CT molecular complexity index is 502. The third-order valence-electron chi connectivity index (χ3n) is 4.99. The van der Waals surface area contributed by atoms with Crippen molar-refractivity contribution < 1.29 is 0 Å². The Labute approximate surface area is 154 Å². The van der Waals surface area contributed by atoms with E-state index >= 15 is 0 Å². The summed E-state index contributed by atoms with van der Waals surface area (Å²) < 4.78 is 2.17. The summed E-state index contributed by atoms with van der Waals surface area (Å²) in [6.07, 6.45) is 10.1. The summed E-state index contributed by atoms with van der Waals surface area (Å²) >= 11 is 0. The summed E-state index contributed by atoms with van der Waals surface area (Å²) in [4.78, 5) is 9.66. The van der Waals surface area contributed by atoms with Gasteiger partial charge in [0, 0.05) is 39.1 Å². The van der Waals surface area contributed by atoms with Crippen molar-refractivity contribution in [2.24, 2.45) is 12.0 Å². The van der Waals surface area contributed by atoms with Crippen molar-refractivity contribution in [2.45, 2.75) is 52.0 Å². The fraction of sp³-hybridized carbons (Fsp3) is 0.750. The number of hydrogen-bond acceptors (Lipinski definition) is 2. The Morgan fingerprint density at radius 2 is 2.00 bits per heavy atom. The van der Waals surface area contributed by atoms with Gasteiger partial charge in [-0.25, -0.2) is 0 Å². The summed E-state index contributed by atoms with van der Waals surface area (Å²) in [5.74, 6) is 1.01. The van der Waals surface area contributed by atoms with Crippen LogP contribution in [0.4, 0.5) is 0 Å². The molecule has 25 heavy (non-hydrogen) atoms. The highest BCUT2D eigenvalue weighted by molar-refractivity contribution is 5.79. The average molecular weight is 348 g/mol. The fourth-order valence-electron chi connectivity index (χ4n) is 3.44. The number of hydrogen-bond donors (Lipinski definition) is 1. The van der Waals surface area contributed by atoms with Crippen LogP contribution in [-0.2, 0) is 13.6 Å². The molecule has 5 nitrogen and oxygen atoms in total. The molecule has 0 radical (unpaired) electrons. The molecule has 0 saturated carbocycles. The Hall–Kier alpha value is -1.49. The highest BCUT2D eigenvalue weighted by atomic mass is 15.3. The van der Waals surface area contributed by atoms with E-state index in [9.17, 15) is 0 Å². The minimum atomic E-state index is 0.879. The second kappa shape index (κ2) is 11.2. The maximum atomic E-state index is 4.82. The number of nitrogens with zero attached hydrogens (tertiary/aromatic N) is 4. The van der Waals surface area contributed by atoms with Gasteiger partial charge >= 0.3 is 0 Å². The van der Waals surface area contributed by atoms with Crippen LogP contribution >= 0.6 is 0 Å². The van der Waals surface area contributed by atoms with Gasteiger partial charge in [0.1, 0.15) is 0 Å². The first-order valence-electron chi connectivity index (χ1n) is 10.0. The second-order valence-electron chi connectivity index (χ2n) is 7.17. The van der Waals surface area contributed by atoms with Crippen molar-refractivity contribution in [3.05, 3.63) is 24.0 Å². The van der Waals surface area contributed by atoms with Crippen molar-refractivity contribution in [1.29, 1.82) is 0 Å². The van der Waals surface area contributed by atoms with E-state index in [4.69, 9.17) is 4.99 Å². The normalized spacial score (nSPS) is 16.2. The van der Waals surface area contributed by atoms with Gasteiger partial charge in [-0.1, -0.05) is 12.8 Å². The zero-order valence-electron chi connectivity index (χ0n) is 16.5. The van der Waals surface area contributed by atoms with Crippen LogP contribution in [-0.4, -0.2) is 60.1 Å². The van der Waals surface area contributed by atoms with Crippen molar-refractivity contribution in [1.82, 2.24) is 19.7 Å². The van der Waals surface area contributed by atoms with Crippen LogP contribution in [0.5, 0.6) is 0 Å². The maximum Gasteiger partial charge on any atom is 0.194 e. The number of piperidine rings is 1. The van der Waals surface area contributed by atoms with E-state index in [-0.39, 0.29) is 0 Å². The topological polar surface area (TPSA) is 35.8 Å². The molecule has 1 saturated heterocycles. The van der Waals surface area contributed by atoms with Crippen molar-refractivity contribution >= 4 is 5.96 Å². The van der Waals surface area contributed by atoms with Crippen LogP contribution in [0.3, 0.4) is 0 Å². The van der Waals surface area contributed by atoms with Gasteiger partial charge < -0.3 is 19.7 Å². The van der Waals surface area contributed by atoms with E-state index in [0.717, 1.165) is 25.6 Å². The Morgan fingerprint density at radius 1 is 1.20 bits per heavy atom. The van der Waals surface area contributed by atoms with Gasteiger partial charge in [-0.15, -0.1) is 0 Å². The van der Waals surface area contributed by atoms with Crippen molar-refractivity contribution in [3.8, 4) is 0 Å². The molecule has 1 fully saturated rings. The van der Waals surface area contributed by atoms with Crippen molar-refractivity contribution in [2.75, 3.05) is 39.8 Å². The number of aliphatic imine (C=N–C) groups is 1. The Kier molecular flexibility index (Phi) is 8.87. The molecular formula is C20H37N5. The van der Waals surface area contributed by atoms with Crippen LogP contribution in [0.1, 0.15) is 51.1 Å². The zero-order valence-corrected chi connectivity index (χ0v) is 16.5. The quantitative estimate of drug-likeness (QED) is 0.424. The third kappa shape index (κ3) is 7.10. The summed E-state index contributed by atoms with van der Waals surface area (Å²) in [7, 11) is 4.21. The van der Waals surface area contributed by atoms with E-state index in [1.165, 1.54) is 63.9 Å². The first-order chi connectivity index (χ1) is 12.2. The number of unbranched alkanes of at least 4 members (excludes halogenated alkanes) is 2. The molecule has 0 spiro atoms.